The maximum atomic E-state index is 13.0. The molecular formula is C18H17FN6O4S. The Hall–Kier alpha value is -3.64. The highest BCUT2D eigenvalue weighted by atomic mass is 32.2. The normalized spacial score (nSPS) is 11.1. The van der Waals surface area contributed by atoms with Crippen molar-refractivity contribution in [3.8, 4) is 0 Å². The smallest absolute Gasteiger partial charge is 0.354 e. The minimum atomic E-state index is -3.99. The van der Waals surface area contributed by atoms with Gasteiger partial charge < -0.3 is 5.32 Å². The van der Waals surface area contributed by atoms with Crippen LogP contribution in [0.1, 0.15) is 11.1 Å². The lowest BCUT2D eigenvalue weighted by Crippen LogP contribution is -2.30. The molecule has 3 aromatic rings. The zero-order valence-corrected chi connectivity index (χ0v) is 16.5. The summed E-state index contributed by atoms with van der Waals surface area (Å²) in [5.74, 6) is -0.872. The molecule has 0 fully saturated rings. The van der Waals surface area contributed by atoms with E-state index in [-0.39, 0.29) is 23.1 Å². The lowest BCUT2D eigenvalue weighted by molar-refractivity contribution is -0.383. The zero-order valence-electron chi connectivity index (χ0n) is 15.7. The van der Waals surface area contributed by atoms with Crippen LogP contribution < -0.4 is 15.6 Å². The standard InChI is InChI=1S/C18H17FN6O4S/c1-12-2-8-15(9-3-12)30(28,29)24-23-18-16(25(26)27)17(21-11-22-18)20-10-13-4-6-14(19)7-5-13/h2-9,11,24H,10H2,1H3,(H2,20,21,22,23). The third kappa shape index (κ3) is 5.04. The SMILES string of the molecule is Cc1ccc(S(=O)(=O)NNc2ncnc(NCc3ccc(F)cc3)c2[N+](=O)[O-])cc1. The second kappa shape index (κ2) is 8.80. The molecule has 0 spiro atoms. The number of nitrogens with zero attached hydrogens (tertiary/aromatic N) is 3. The van der Waals surface area contributed by atoms with Gasteiger partial charge in [-0.2, -0.15) is 0 Å². The first kappa shape index (κ1) is 21.1. The van der Waals surface area contributed by atoms with Gasteiger partial charge in [0.25, 0.3) is 10.0 Å². The van der Waals surface area contributed by atoms with Gasteiger partial charge in [-0.3, -0.25) is 15.5 Å². The molecule has 0 saturated carbocycles. The molecule has 156 valence electrons. The molecule has 0 saturated heterocycles. The molecule has 0 radical (unpaired) electrons. The molecule has 0 bridgehead atoms. The minimum absolute atomic E-state index is 0.0213. The van der Waals surface area contributed by atoms with Crippen LogP contribution >= 0.6 is 0 Å². The van der Waals surface area contributed by atoms with Crippen LogP contribution in [0.15, 0.2) is 59.8 Å². The molecule has 0 aliphatic rings. The number of nitro groups is 1. The maximum Gasteiger partial charge on any atom is 0.354 e. The van der Waals surface area contributed by atoms with E-state index in [1.54, 1.807) is 12.1 Å². The summed E-state index contributed by atoms with van der Waals surface area (Å²) < 4.78 is 37.8. The minimum Gasteiger partial charge on any atom is -0.360 e. The number of benzene rings is 2. The van der Waals surface area contributed by atoms with Crippen molar-refractivity contribution in [3.05, 3.63) is 81.9 Å². The monoisotopic (exact) mass is 432 g/mol. The Balaban J connectivity index is 1.79. The average Bonchev–Trinajstić information content (AvgIpc) is 2.72. The summed E-state index contributed by atoms with van der Waals surface area (Å²) in [6.07, 6.45) is 1.04. The summed E-state index contributed by atoms with van der Waals surface area (Å²) in [4.78, 5) is 20.5. The van der Waals surface area contributed by atoms with Gasteiger partial charge >= 0.3 is 5.69 Å². The van der Waals surface area contributed by atoms with Crippen LogP contribution in [0.25, 0.3) is 0 Å². The van der Waals surface area contributed by atoms with E-state index in [4.69, 9.17) is 0 Å². The predicted octanol–water partition coefficient (Wildman–Crippen LogP) is 2.75. The quantitative estimate of drug-likeness (QED) is 0.365. The van der Waals surface area contributed by atoms with E-state index in [1.165, 1.54) is 36.4 Å². The summed E-state index contributed by atoms with van der Waals surface area (Å²) in [5.41, 5.74) is 3.27. The predicted molar refractivity (Wildman–Crippen MR) is 108 cm³/mol. The summed E-state index contributed by atoms with van der Waals surface area (Å²) in [5, 5.41) is 14.3. The number of sulfonamides is 1. The number of hydrogen-bond donors (Lipinski definition) is 3. The van der Waals surface area contributed by atoms with Gasteiger partial charge in [0.2, 0.25) is 11.6 Å². The van der Waals surface area contributed by atoms with Gasteiger partial charge in [-0.1, -0.05) is 29.8 Å². The van der Waals surface area contributed by atoms with Crippen LogP contribution in [0.3, 0.4) is 0 Å². The Morgan fingerprint density at radius 1 is 1.03 bits per heavy atom. The van der Waals surface area contributed by atoms with Crippen LogP contribution in [-0.4, -0.2) is 23.3 Å². The van der Waals surface area contributed by atoms with Crippen LogP contribution in [0, 0.1) is 22.9 Å². The van der Waals surface area contributed by atoms with Crippen molar-refractivity contribution in [2.45, 2.75) is 18.4 Å². The molecule has 30 heavy (non-hydrogen) atoms. The Kier molecular flexibility index (Phi) is 6.18. The van der Waals surface area contributed by atoms with Crippen molar-refractivity contribution < 1.29 is 17.7 Å². The number of nitrogens with one attached hydrogen (secondary N) is 3. The molecule has 3 N–H and O–H groups in total. The van der Waals surface area contributed by atoms with Crippen molar-refractivity contribution in [2.75, 3.05) is 10.7 Å². The number of hydrogen-bond acceptors (Lipinski definition) is 8. The topological polar surface area (TPSA) is 139 Å². The lowest BCUT2D eigenvalue weighted by Gasteiger charge is -2.11. The number of aryl methyl sites for hydroxylation is 1. The molecule has 1 aromatic heterocycles. The van der Waals surface area contributed by atoms with E-state index in [0.29, 0.717) is 5.56 Å². The molecule has 0 aliphatic carbocycles. The molecule has 12 heteroatoms. The number of anilines is 2. The second-order valence-corrected chi connectivity index (χ2v) is 7.88. The number of hydrazine groups is 1. The molecule has 2 aromatic carbocycles. The van der Waals surface area contributed by atoms with Gasteiger partial charge in [0.05, 0.1) is 9.82 Å². The first-order valence-corrected chi connectivity index (χ1v) is 10.1. The zero-order chi connectivity index (χ0) is 21.7. The Labute approximate surface area is 171 Å². The van der Waals surface area contributed by atoms with E-state index < -0.39 is 26.5 Å². The highest BCUT2D eigenvalue weighted by molar-refractivity contribution is 7.89. The lowest BCUT2D eigenvalue weighted by atomic mass is 10.2. The Morgan fingerprint density at radius 2 is 1.67 bits per heavy atom. The molecule has 1 heterocycles. The fraction of sp³-hybridized carbons (Fsp3) is 0.111. The molecule has 3 rings (SSSR count). The first-order chi connectivity index (χ1) is 14.3. The van der Waals surface area contributed by atoms with E-state index in [2.05, 4.69) is 25.5 Å². The molecular weight excluding hydrogens is 415 g/mol. The van der Waals surface area contributed by atoms with Crippen LogP contribution in [-0.2, 0) is 16.6 Å². The fourth-order valence-electron chi connectivity index (χ4n) is 2.45. The number of halogens is 1. The highest BCUT2D eigenvalue weighted by Crippen LogP contribution is 2.29. The van der Waals surface area contributed by atoms with E-state index in [1.807, 2.05) is 6.92 Å². The van der Waals surface area contributed by atoms with Crippen LogP contribution in [0.5, 0.6) is 0 Å². The van der Waals surface area contributed by atoms with Gasteiger partial charge in [0, 0.05) is 6.54 Å². The van der Waals surface area contributed by atoms with Gasteiger partial charge in [-0.05, 0) is 36.8 Å². The molecule has 0 unspecified atom stereocenters. The van der Waals surface area contributed by atoms with Crippen LogP contribution in [0.4, 0.5) is 21.7 Å². The fourth-order valence-corrected chi connectivity index (χ4v) is 3.30. The Morgan fingerprint density at radius 3 is 2.30 bits per heavy atom. The van der Waals surface area contributed by atoms with Crippen molar-refractivity contribution in [2.24, 2.45) is 0 Å². The van der Waals surface area contributed by atoms with Gasteiger partial charge in [0.15, 0.2) is 0 Å². The molecule has 10 nitrogen and oxygen atoms in total. The van der Waals surface area contributed by atoms with Crippen molar-refractivity contribution in [1.29, 1.82) is 0 Å². The molecule has 0 aliphatic heterocycles. The maximum absolute atomic E-state index is 13.0. The number of rotatable bonds is 8. The summed E-state index contributed by atoms with van der Waals surface area (Å²) >= 11 is 0. The van der Waals surface area contributed by atoms with E-state index in [0.717, 1.165) is 11.9 Å². The average molecular weight is 432 g/mol. The summed E-state index contributed by atoms with van der Waals surface area (Å²) in [7, 11) is -3.99. The first-order valence-electron chi connectivity index (χ1n) is 8.58. The van der Waals surface area contributed by atoms with E-state index in [9.17, 15) is 22.9 Å². The van der Waals surface area contributed by atoms with Gasteiger partial charge in [-0.25, -0.2) is 22.8 Å². The third-order valence-corrected chi connectivity index (χ3v) is 5.28. The molecule has 0 amide bonds. The van der Waals surface area contributed by atoms with Gasteiger partial charge in [-0.15, -0.1) is 4.83 Å². The largest absolute Gasteiger partial charge is 0.360 e. The third-order valence-electron chi connectivity index (χ3n) is 4.01. The second-order valence-electron chi connectivity index (χ2n) is 6.20. The molecule has 0 atom stereocenters. The van der Waals surface area contributed by atoms with Crippen molar-refractivity contribution in [1.82, 2.24) is 14.8 Å². The van der Waals surface area contributed by atoms with Crippen LogP contribution in [0.2, 0.25) is 0 Å². The van der Waals surface area contributed by atoms with Crippen molar-refractivity contribution in [3.63, 3.8) is 0 Å². The highest BCUT2D eigenvalue weighted by Gasteiger charge is 2.24. The summed E-state index contributed by atoms with van der Waals surface area (Å²) in [6.45, 7) is 1.94. The van der Waals surface area contributed by atoms with Crippen molar-refractivity contribution >= 4 is 27.3 Å². The van der Waals surface area contributed by atoms with E-state index >= 15 is 0 Å². The summed E-state index contributed by atoms with van der Waals surface area (Å²) in [6, 6.07) is 11.6. The van der Waals surface area contributed by atoms with Gasteiger partial charge in [0.1, 0.15) is 12.1 Å². The number of aromatic nitrogens is 2. The Bertz CT molecular complexity index is 1150.